The Balaban J connectivity index is 1.83. The second-order valence-corrected chi connectivity index (χ2v) is 6.64. The standard InChI is InChI=1S/C19H19ClN2O2/c20-14-6-7-16-15(12-14)17(13-4-2-1-3-5-13)18(19(23)21-16)22-8-10-24-11-9-22/h1-7,12,17-18H,8-11H2,(H,21,23)/t17-,18+/m1/s1. The van der Waals surface area contributed by atoms with Crippen molar-refractivity contribution < 1.29 is 9.53 Å². The van der Waals surface area contributed by atoms with E-state index in [-0.39, 0.29) is 17.9 Å². The summed E-state index contributed by atoms with van der Waals surface area (Å²) in [6.07, 6.45) is 0. The quantitative estimate of drug-likeness (QED) is 0.911. The van der Waals surface area contributed by atoms with Crippen molar-refractivity contribution in [1.29, 1.82) is 0 Å². The SMILES string of the molecule is O=C1Nc2ccc(Cl)cc2[C@@H](c2ccccc2)[C@@H]1N1CCOCC1. The largest absolute Gasteiger partial charge is 0.379 e. The van der Waals surface area contributed by atoms with Gasteiger partial charge in [0.25, 0.3) is 0 Å². The number of hydrogen-bond donors (Lipinski definition) is 1. The first kappa shape index (κ1) is 15.6. The number of carbonyl (C=O) groups is 1. The number of ether oxygens (including phenoxy) is 1. The van der Waals surface area contributed by atoms with Crippen LogP contribution in [0.15, 0.2) is 48.5 Å². The fourth-order valence-corrected chi connectivity index (χ4v) is 3.87. The first-order valence-corrected chi connectivity index (χ1v) is 8.59. The fourth-order valence-electron chi connectivity index (χ4n) is 3.69. The van der Waals surface area contributed by atoms with Gasteiger partial charge in [-0.05, 0) is 29.3 Å². The summed E-state index contributed by atoms with van der Waals surface area (Å²) in [7, 11) is 0. The van der Waals surface area contributed by atoms with Crippen LogP contribution in [0.25, 0.3) is 0 Å². The summed E-state index contributed by atoms with van der Waals surface area (Å²) >= 11 is 6.25. The molecular weight excluding hydrogens is 324 g/mol. The van der Waals surface area contributed by atoms with E-state index in [9.17, 15) is 4.79 Å². The normalized spacial score (nSPS) is 24.3. The maximum Gasteiger partial charge on any atom is 0.242 e. The molecule has 0 radical (unpaired) electrons. The zero-order valence-electron chi connectivity index (χ0n) is 13.2. The van der Waals surface area contributed by atoms with Gasteiger partial charge in [-0.1, -0.05) is 41.9 Å². The van der Waals surface area contributed by atoms with Crippen LogP contribution in [0.3, 0.4) is 0 Å². The first-order chi connectivity index (χ1) is 11.7. The molecule has 1 fully saturated rings. The van der Waals surface area contributed by atoms with Crippen LogP contribution < -0.4 is 5.32 Å². The van der Waals surface area contributed by atoms with Crippen LogP contribution in [-0.2, 0) is 9.53 Å². The van der Waals surface area contributed by atoms with E-state index < -0.39 is 0 Å². The lowest BCUT2D eigenvalue weighted by molar-refractivity contribution is -0.124. The molecule has 1 N–H and O–H groups in total. The van der Waals surface area contributed by atoms with Crippen LogP contribution in [0, 0.1) is 0 Å². The number of halogens is 1. The smallest absolute Gasteiger partial charge is 0.242 e. The van der Waals surface area contributed by atoms with Gasteiger partial charge in [-0.2, -0.15) is 0 Å². The third kappa shape index (κ3) is 2.81. The third-order valence-corrected chi connectivity index (χ3v) is 5.02. The molecule has 2 atom stereocenters. The molecule has 0 spiro atoms. The molecule has 2 aliphatic heterocycles. The Morgan fingerprint density at radius 3 is 2.58 bits per heavy atom. The van der Waals surface area contributed by atoms with E-state index in [1.807, 2.05) is 36.4 Å². The summed E-state index contributed by atoms with van der Waals surface area (Å²) in [5.74, 6) is 0.00678. The zero-order valence-corrected chi connectivity index (χ0v) is 14.0. The summed E-state index contributed by atoms with van der Waals surface area (Å²) in [4.78, 5) is 15.1. The Kier molecular flexibility index (Phi) is 4.27. The maximum absolute atomic E-state index is 12.9. The molecular formula is C19H19ClN2O2. The lowest BCUT2D eigenvalue weighted by Gasteiger charge is -2.41. The number of nitrogens with zero attached hydrogens (tertiary/aromatic N) is 1. The molecule has 0 bridgehead atoms. The maximum atomic E-state index is 12.9. The Morgan fingerprint density at radius 1 is 1.08 bits per heavy atom. The number of hydrogen-bond acceptors (Lipinski definition) is 3. The number of carbonyl (C=O) groups excluding carboxylic acids is 1. The van der Waals surface area contributed by atoms with Gasteiger partial charge in [-0.3, -0.25) is 9.69 Å². The van der Waals surface area contributed by atoms with Crippen molar-refractivity contribution in [3.05, 3.63) is 64.7 Å². The molecule has 2 aliphatic rings. The van der Waals surface area contributed by atoms with E-state index in [0.717, 1.165) is 29.9 Å². The minimum atomic E-state index is -0.248. The van der Waals surface area contributed by atoms with E-state index in [4.69, 9.17) is 16.3 Å². The van der Waals surface area contributed by atoms with E-state index in [0.29, 0.717) is 18.2 Å². The average molecular weight is 343 g/mol. The lowest BCUT2D eigenvalue weighted by atomic mass is 9.80. The molecule has 4 nitrogen and oxygen atoms in total. The zero-order chi connectivity index (χ0) is 16.5. The van der Waals surface area contributed by atoms with Gasteiger partial charge < -0.3 is 10.1 Å². The summed E-state index contributed by atoms with van der Waals surface area (Å²) in [5.41, 5.74) is 3.06. The van der Waals surface area contributed by atoms with Crippen molar-refractivity contribution in [2.24, 2.45) is 0 Å². The van der Waals surface area contributed by atoms with Crippen LogP contribution >= 0.6 is 11.6 Å². The number of anilines is 1. The second kappa shape index (κ2) is 6.55. The molecule has 0 aromatic heterocycles. The summed E-state index contributed by atoms with van der Waals surface area (Å²) in [6.45, 7) is 2.84. The van der Waals surface area contributed by atoms with E-state index in [1.54, 1.807) is 0 Å². The summed E-state index contributed by atoms with van der Waals surface area (Å²) < 4.78 is 5.46. The molecule has 1 saturated heterocycles. The predicted molar refractivity (Wildman–Crippen MR) is 94.5 cm³/mol. The van der Waals surface area contributed by atoms with Crippen molar-refractivity contribution in [2.45, 2.75) is 12.0 Å². The highest BCUT2D eigenvalue weighted by atomic mass is 35.5. The molecule has 4 rings (SSSR count). The van der Waals surface area contributed by atoms with E-state index >= 15 is 0 Å². The first-order valence-electron chi connectivity index (χ1n) is 8.21. The predicted octanol–water partition coefficient (Wildman–Crippen LogP) is 3.12. The number of amides is 1. The molecule has 5 heteroatoms. The van der Waals surface area contributed by atoms with Crippen molar-refractivity contribution >= 4 is 23.2 Å². The highest BCUT2D eigenvalue weighted by Gasteiger charge is 2.41. The van der Waals surface area contributed by atoms with Gasteiger partial charge in [-0.15, -0.1) is 0 Å². The van der Waals surface area contributed by atoms with Crippen LogP contribution in [0.4, 0.5) is 5.69 Å². The second-order valence-electron chi connectivity index (χ2n) is 6.20. The Bertz CT molecular complexity index is 744. The highest BCUT2D eigenvalue weighted by Crippen LogP contribution is 2.40. The highest BCUT2D eigenvalue weighted by molar-refractivity contribution is 6.30. The molecule has 1 amide bonds. The Hall–Kier alpha value is -1.88. The molecule has 0 saturated carbocycles. The number of fused-ring (bicyclic) bond motifs is 1. The van der Waals surface area contributed by atoms with E-state index in [2.05, 4.69) is 22.3 Å². The minimum absolute atomic E-state index is 0.0354. The molecule has 124 valence electrons. The molecule has 24 heavy (non-hydrogen) atoms. The molecule has 2 aromatic carbocycles. The molecule has 2 aromatic rings. The summed E-state index contributed by atoms with van der Waals surface area (Å²) in [6, 6.07) is 15.6. The number of nitrogens with one attached hydrogen (secondary N) is 1. The number of benzene rings is 2. The van der Waals surface area contributed by atoms with Crippen molar-refractivity contribution in [3.8, 4) is 0 Å². The molecule has 2 heterocycles. The van der Waals surface area contributed by atoms with Gasteiger partial charge in [0.2, 0.25) is 5.91 Å². The van der Waals surface area contributed by atoms with Gasteiger partial charge in [0.1, 0.15) is 6.04 Å². The van der Waals surface area contributed by atoms with Gasteiger partial charge in [-0.25, -0.2) is 0 Å². The number of rotatable bonds is 2. The van der Waals surface area contributed by atoms with Crippen LogP contribution in [0.2, 0.25) is 5.02 Å². The van der Waals surface area contributed by atoms with Gasteiger partial charge in [0, 0.05) is 29.7 Å². The van der Waals surface area contributed by atoms with Crippen LogP contribution in [0.1, 0.15) is 17.0 Å². The third-order valence-electron chi connectivity index (χ3n) is 4.79. The monoisotopic (exact) mass is 342 g/mol. The van der Waals surface area contributed by atoms with Crippen molar-refractivity contribution in [2.75, 3.05) is 31.6 Å². The average Bonchev–Trinajstić information content (AvgIpc) is 2.62. The van der Waals surface area contributed by atoms with Crippen molar-refractivity contribution in [1.82, 2.24) is 4.90 Å². The van der Waals surface area contributed by atoms with Gasteiger partial charge in [0.05, 0.1) is 13.2 Å². The van der Waals surface area contributed by atoms with Crippen LogP contribution in [-0.4, -0.2) is 43.2 Å². The summed E-state index contributed by atoms with van der Waals surface area (Å²) in [5, 5.41) is 3.74. The Morgan fingerprint density at radius 2 is 1.83 bits per heavy atom. The number of morpholine rings is 1. The van der Waals surface area contributed by atoms with Gasteiger partial charge >= 0.3 is 0 Å². The van der Waals surface area contributed by atoms with E-state index in [1.165, 1.54) is 0 Å². The fraction of sp³-hybridized carbons (Fsp3) is 0.316. The van der Waals surface area contributed by atoms with Crippen molar-refractivity contribution in [3.63, 3.8) is 0 Å². The molecule has 0 unspecified atom stereocenters. The van der Waals surface area contributed by atoms with Crippen LogP contribution in [0.5, 0.6) is 0 Å². The molecule has 0 aliphatic carbocycles. The lowest BCUT2D eigenvalue weighted by Crippen LogP contribution is -2.54. The minimum Gasteiger partial charge on any atom is -0.379 e. The Labute approximate surface area is 146 Å². The topological polar surface area (TPSA) is 41.6 Å². The van der Waals surface area contributed by atoms with Gasteiger partial charge in [0.15, 0.2) is 0 Å².